The molecule has 130 valence electrons. The number of fused-ring (bicyclic) bond motifs is 1. The maximum Gasteiger partial charge on any atom is 0.342 e. The number of esters is 1. The smallest absolute Gasteiger partial charge is 0.342 e. The molecule has 2 aromatic carbocycles. The minimum atomic E-state index is -0.819. The highest BCUT2D eigenvalue weighted by Crippen LogP contribution is 2.34. The van der Waals surface area contributed by atoms with Gasteiger partial charge in [-0.05, 0) is 24.3 Å². The molecule has 1 aliphatic rings. The van der Waals surface area contributed by atoms with Gasteiger partial charge in [0.2, 0.25) is 6.79 Å². The molecule has 0 atom stereocenters. The van der Waals surface area contributed by atoms with E-state index in [1.54, 1.807) is 18.2 Å². The molecule has 0 radical (unpaired) electrons. The molecule has 0 fully saturated rings. The summed E-state index contributed by atoms with van der Waals surface area (Å²) in [6, 6.07) is 9.05. The molecular weight excluding hydrogens is 330 g/mol. The monoisotopic (exact) mass is 345 g/mol. The molecule has 1 heterocycles. The Hall–Kier alpha value is -3.42. The molecule has 0 saturated carbocycles. The highest BCUT2D eigenvalue weighted by molar-refractivity contribution is 5.97. The topological polar surface area (TPSA) is 103 Å². The van der Waals surface area contributed by atoms with E-state index < -0.39 is 18.5 Å². The number of methoxy groups -OCH3 is 1. The quantitative estimate of drug-likeness (QED) is 0.798. The molecule has 2 aromatic rings. The van der Waals surface area contributed by atoms with Crippen LogP contribution >= 0.6 is 0 Å². The zero-order chi connectivity index (χ0) is 17.8. The lowest BCUT2D eigenvalue weighted by molar-refractivity contribution is -0.119. The van der Waals surface area contributed by atoms with Crippen molar-refractivity contribution in [2.45, 2.75) is 0 Å². The third-order valence-corrected chi connectivity index (χ3v) is 3.42. The molecule has 8 nitrogen and oxygen atoms in total. The highest BCUT2D eigenvalue weighted by Gasteiger charge is 2.17. The van der Waals surface area contributed by atoms with Crippen LogP contribution in [0.1, 0.15) is 10.4 Å². The summed E-state index contributed by atoms with van der Waals surface area (Å²) in [5.74, 6) is -0.117. The van der Waals surface area contributed by atoms with Crippen molar-refractivity contribution in [3.63, 3.8) is 0 Å². The van der Waals surface area contributed by atoms with Crippen LogP contribution in [-0.2, 0) is 9.53 Å². The average Bonchev–Trinajstić information content (AvgIpc) is 3.07. The largest absolute Gasteiger partial charge is 0.507 e. The molecular formula is C17H15NO7. The van der Waals surface area contributed by atoms with Crippen molar-refractivity contribution in [1.29, 1.82) is 0 Å². The number of aromatic hydroxyl groups is 1. The number of rotatable bonds is 5. The third kappa shape index (κ3) is 3.74. The minimum absolute atomic E-state index is 0.0586. The molecule has 3 rings (SSSR count). The van der Waals surface area contributed by atoms with Gasteiger partial charge in [-0.2, -0.15) is 0 Å². The number of carbonyl (C=O) groups is 2. The summed E-state index contributed by atoms with van der Waals surface area (Å²) in [5.41, 5.74) is 0.425. The van der Waals surface area contributed by atoms with Crippen LogP contribution in [0.2, 0.25) is 0 Å². The maximum atomic E-state index is 11.9. The van der Waals surface area contributed by atoms with E-state index in [0.29, 0.717) is 22.9 Å². The molecule has 0 saturated heterocycles. The van der Waals surface area contributed by atoms with E-state index in [1.165, 1.54) is 25.3 Å². The molecule has 0 unspecified atom stereocenters. The zero-order valence-corrected chi connectivity index (χ0v) is 13.3. The van der Waals surface area contributed by atoms with Crippen molar-refractivity contribution < 1.29 is 33.6 Å². The van der Waals surface area contributed by atoms with Gasteiger partial charge in [-0.25, -0.2) is 4.79 Å². The number of phenolic OH excluding ortho intramolecular Hbond substituents is 1. The van der Waals surface area contributed by atoms with E-state index in [4.69, 9.17) is 18.9 Å². The number of anilines is 1. The molecule has 2 N–H and O–H groups in total. The first-order valence-electron chi connectivity index (χ1n) is 7.30. The predicted octanol–water partition coefficient (Wildman–Crippen LogP) is 1.92. The van der Waals surface area contributed by atoms with Crippen LogP contribution in [0.4, 0.5) is 5.69 Å². The molecule has 1 aliphatic heterocycles. The molecule has 25 heavy (non-hydrogen) atoms. The Bertz CT molecular complexity index is 819. The Morgan fingerprint density at radius 2 is 1.96 bits per heavy atom. The molecule has 0 aliphatic carbocycles. The van der Waals surface area contributed by atoms with Gasteiger partial charge in [-0.1, -0.05) is 0 Å². The number of nitrogens with one attached hydrogen (secondary N) is 1. The molecule has 0 bridgehead atoms. The Labute approximate surface area is 142 Å². The number of phenols is 1. The van der Waals surface area contributed by atoms with Crippen molar-refractivity contribution in [2.75, 3.05) is 25.8 Å². The second kappa shape index (κ2) is 7.00. The summed E-state index contributed by atoms with van der Waals surface area (Å²) >= 11 is 0. The van der Waals surface area contributed by atoms with Crippen LogP contribution in [0, 0.1) is 0 Å². The maximum absolute atomic E-state index is 11.9. The summed E-state index contributed by atoms with van der Waals surface area (Å²) < 4.78 is 20.2. The van der Waals surface area contributed by atoms with Gasteiger partial charge >= 0.3 is 5.97 Å². The van der Waals surface area contributed by atoms with Crippen LogP contribution in [0.25, 0.3) is 0 Å². The van der Waals surface area contributed by atoms with Crippen molar-refractivity contribution in [1.82, 2.24) is 0 Å². The number of hydrogen-bond donors (Lipinski definition) is 2. The Balaban J connectivity index is 1.56. The lowest BCUT2D eigenvalue weighted by atomic mass is 10.2. The highest BCUT2D eigenvalue weighted by atomic mass is 16.7. The number of ether oxygens (including phenoxy) is 4. The molecule has 0 spiro atoms. The van der Waals surface area contributed by atoms with Crippen LogP contribution in [0.15, 0.2) is 36.4 Å². The summed E-state index contributed by atoms with van der Waals surface area (Å²) in [5, 5.41) is 12.4. The fraction of sp³-hybridized carbons (Fsp3) is 0.176. The Kier molecular flexibility index (Phi) is 4.60. The third-order valence-electron chi connectivity index (χ3n) is 3.42. The fourth-order valence-corrected chi connectivity index (χ4v) is 2.19. The molecule has 8 heteroatoms. The van der Waals surface area contributed by atoms with Gasteiger partial charge in [0.1, 0.15) is 17.1 Å². The fourth-order valence-electron chi connectivity index (χ4n) is 2.19. The second-order valence-corrected chi connectivity index (χ2v) is 5.08. The van der Waals surface area contributed by atoms with E-state index in [1.807, 2.05) is 0 Å². The second-order valence-electron chi connectivity index (χ2n) is 5.08. The van der Waals surface area contributed by atoms with Crippen LogP contribution in [0.5, 0.6) is 23.0 Å². The first-order valence-corrected chi connectivity index (χ1v) is 7.30. The molecule has 1 amide bonds. The van der Waals surface area contributed by atoms with Crippen molar-refractivity contribution in [3.05, 3.63) is 42.0 Å². The number of hydrogen-bond acceptors (Lipinski definition) is 7. The van der Waals surface area contributed by atoms with Gasteiger partial charge in [0.15, 0.2) is 18.1 Å². The van der Waals surface area contributed by atoms with Crippen molar-refractivity contribution in [3.8, 4) is 23.0 Å². The van der Waals surface area contributed by atoms with E-state index in [9.17, 15) is 14.7 Å². The van der Waals surface area contributed by atoms with Crippen molar-refractivity contribution in [2.24, 2.45) is 0 Å². The summed E-state index contributed by atoms with van der Waals surface area (Å²) in [6.45, 7) is -0.367. The lowest BCUT2D eigenvalue weighted by Gasteiger charge is -2.09. The first kappa shape index (κ1) is 16.4. The number of amides is 1. The first-order chi connectivity index (χ1) is 12.1. The van der Waals surface area contributed by atoms with Gasteiger partial charge in [0.25, 0.3) is 5.91 Å². The normalized spacial score (nSPS) is 11.7. The van der Waals surface area contributed by atoms with E-state index in [2.05, 4.69) is 5.32 Å². The summed E-state index contributed by atoms with van der Waals surface area (Å²) in [6.07, 6.45) is 0. The van der Waals surface area contributed by atoms with E-state index >= 15 is 0 Å². The molecule has 0 aromatic heterocycles. The average molecular weight is 345 g/mol. The minimum Gasteiger partial charge on any atom is -0.507 e. The lowest BCUT2D eigenvalue weighted by Crippen LogP contribution is -2.21. The van der Waals surface area contributed by atoms with Crippen LogP contribution < -0.4 is 19.5 Å². The van der Waals surface area contributed by atoms with Crippen LogP contribution in [0.3, 0.4) is 0 Å². The Morgan fingerprint density at radius 1 is 1.16 bits per heavy atom. The van der Waals surface area contributed by atoms with E-state index in [-0.39, 0.29) is 18.1 Å². The standard InChI is InChI=1S/C17H15NO7/c1-22-11-3-4-12(13(19)7-11)17(21)23-8-16(20)18-10-2-5-14-15(6-10)25-9-24-14/h2-7,19H,8-9H2,1H3,(H,18,20). The zero-order valence-electron chi connectivity index (χ0n) is 13.3. The van der Waals surface area contributed by atoms with Gasteiger partial charge in [0.05, 0.1) is 7.11 Å². The number of benzene rings is 2. The summed E-state index contributed by atoms with van der Waals surface area (Å²) in [7, 11) is 1.44. The SMILES string of the molecule is COc1ccc(C(=O)OCC(=O)Nc2ccc3c(c2)OCO3)c(O)c1. The van der Waals surface area contributed by atoms with Gasteiger partial charge in [-0.15, -0.1) is 0 Å². The number of carbonyl (C=O) groups excluding carboxylic acids is 2. The van der Waals surface area contributed by atoms with Gasteiger partial charge in [-0.3, -0.25) is 4.79 Å². The summed E-state index contributed by atoms with van der Waals surface area (Å²) in [4.78, 5) is 23.8. The Morgan fingerprint density at radius 3 is 2.72 bits per heavy atom. The van der Waals surface area contributed by atoms with Gasteiger partial charge < -0.3 is 29.4 Å². The predicted molar refractivity (Wildman–Crippen MR) is 86.1 cm³/mol. The van der Waals surface area contributed by atoms with E-state index in [0.717, 1.165) is 0 Å². The van der Waals surface area contributed by atoms with Crippen molar-refractivity contribution >= 4 is 17.6 Å². The van der Waals surface area contributed by atoms with Crippen LogP contribution in [-0.4, -0.2) is 37.5 Å². The van der Waals surface area contributed by atoms with Gasteiger partial charge in [0, 0.05) is 17.8 Å².